The fraction of sp³-hybridized carbons (Fsp3) is 0.583. The Kier molecular flexibility index (Phi) is 3.71. The zero-order valence-electron chi connectivity index (χ0n) is 9.61. The van der Waals surface area contributed by atoms with E-state index in [0.717, 1.165) is 19.6 Å². The summed E-state index contributed by atoms with van der Waals surface area (Å²) >= 11 is 1.96. The molecular weight excluding hydrogens is 220 g/mol. The van der Waals surface area contributed by atoms with E-state index in [0.29, 0.717) is 4.75 Å². The second-order valence-corrected chi connectivity index (χ2v) is 5.57. The molecule has 0 unspecified atom stereocenters. The van der Waals surface area contributed by atoms with Gasteiger partial charge in [-0.1, -0.05) is 6.07 Å². The molecule has 0 spiro atoms. The summed E-state index contributed by atoms with van der Waals surface area (Å²) in [6.07, 6.45) is 6.67. The summed E-state index contributed by atoms with van der Waals surface area (Å²) in [4.78, 5) is 11.4. The lowest BCUT2D eigenvalue weighted by atomic mass is 10.4. The lowest BCUT2D eigenvalue weighted by Gasteiger charge is -2.13. The number of nitrogens with zero attached hydrogens (tertiary/aromatic N) is 1. The van der Waals surface area contributed by atoms with E-state index in [2.05, 4.69) is 11.6 Å². The van der Waals surface area contributed by atoms with E-state index in [1.54, 1.807) is 16.7 Å². The largest absolute Gasteiger partial charge is 0.314 e. The normalized spacial score (nSPS) is 17.3. The first kappa shape index (κ1) is 11.7. The van der Waals surface area contributed by atoms with Gasteiger partial charge in [0.1, 0.15) is 0 Å². The van der Waals surface area contributed by atoms with Crippen molar-refractivity contribution in [3.63, 3.8) is 0 Å². The molecule has 4 heteroatoms. The van der Waals surface area contributed by atoms with Crippen LogP contribution in [0.25, 0.3) is 0 Å². The molecule has 16 heavy (non-hydrogen) atoms. The van der Waals surface area contributed by atoms with Crippen LogP contribution in [0.4, 0.5) is 0 Å². The van der Waals surface area contributed by atoms with Crippen molar-refractivity contribution in [2.75, 3.05) is 19.3 Å². The van der Waals surface area contributed by atoms with E-state index >= 15 is 0 Å². The summed E-state index contributed by atoms with van der Waals surface area (Å²) in [5, 5.41) is 3.43. The highest BCUT2D eigenvalue weighted by Crippen LogP contribution is 2.46. The quantitative estimate of drug-likeness (QED) is 0.759. The fourth-order valence-corrected chi connectivity index (χ4v) is 2.51. The van der Waals surface area contributed by atoms with Gasteiger partial charge in [0.05, 0.1) is 0 Å². The van der Waals surface area contributed by atoms with Crippen LogP contribution < -0.4 is 10.9 Å². The number of rotatable bonds is 6. The summed E-state index contributed by atoms with van der Waals surface area (Å²) in [6, 6.07) is 5.27. The minimum absolute atomic E-state index is 0.0790. The van der Waals surface area contributed by atoms with Crippen LogP contribution >= 0.6 is 11.8 Å². The SMILES string of the molecule is CSC1(CNCCn2ccccc2=O)CC1. The standard InChI is InChI=1S/C12H18N2OS/c1-16-12(5-6-12)10-13-7-9-14-8-3-2-4-11(14)15/h2-4,8,13H,5-7,9-10H2,1H3. The van der Waals surface area contributed by atoms with Gasteiger partial charge in [-0.05, 0) is 25.2 Å². The Morgan fingerprint density at radius 2 is 2.31 bits per heavy atom. The Bertz CT molecular complexity index is 398. The average molecular weight is 238 g/mol. The number of pyridine rings is 1. The predicted octanol–water partition coefficient (Wildman–Crippen LogP) is 1.33. The Morgan fingerprint density at radius 3 is 2.94 bits per heavy atom. The summed E-state index contributed by atoms with van der Waals surface area (Å²) in [7, 11) is 0. The molecule has 0 aromatic carbocycles. The number of hydrogen-bond acceptors (Lipinski definition) is 3. The van der Waals surface area contributed by atoms with Crippen molar-refractivity contribution in [3.8, 4) is 0 Å². The van der Waals surface area contributed by atoms with Gasteiger partial charge in [-0.3, -0.25) is 4.79 Å². The van der Waals surface area contributed by atoms with Gasteiger partial charge >= 0.3 is 0 Å². The number of nitrogens with one attached hydrogen (secondary N) is 1. The van der Waals surface area contributed by atoms with Crippen molar-refractivity contribution in [1.82, 2.24) is 9.88 Å². The van der Waals surface area contributed by atoms with Gasteiger partial charge in [0.2, 0.25) is 0 Å². The first-order valence-corrected chi connectivity index (χ1v) is 6.90. The van der Waals surface area contributed by atoms with Crippen LogP contribution in [0.1, 0.15) is 12.8 Å². The highest BCUT2D eigenvalue weighted by atomic mass is 32.2. The van der Waals surface area contributed by atoms with Crippen molar-refractivity contribution in [2.24, 2.45) is 0 Å². The molecule has 1 N–H and O–H groups in total. The predicted molar refractivity (Wildman–Crippen MR) is 69.1 cm³/mol. The van der Waals surface area contributed by atoms with Crippen molar-refractivity contribution >= 4 is 11.8 Å². The van der Waals surface area contributed by atoms with Crippen LogP contribution in [0.15, 0.2) is 29.2 Å². The Balaban J connectivity index is 1.72. The average Bonchev–Trinajstić information content (AvgIpc) is 3.07. The van der Waals surface area contributed by atoms with Gasteiger partial charge in [0, 0.05) is 36.6 Å². The first-order chi connectivity index (χ1) is 7.76. The molecule has 0 atom stereocenters. The number of thioether (sulfide) groups is 1. The zero-order chi connectivity index (χ0) is 11.4. The van der Waals surface area contributed by atoms with Crippen molar-refractivity contribution in [3.05, 3.63) is 34.7 Å². The maximum atomic E-state index is 11.4. The summed E-state index contributed by atoms with van der Waals surface area (Å²) < 4.78 is 2.24. The minimum atomic E-state index is 0.0790. The summed E-state index contributed by atoms with van der Waals surface area (Å²) in [5.74, 6) is 0. The van der Waals surface area contributed by atoms with Crippen LogP contribution in [0.3, 0.4) is 0 Å². The van der Waals surface area contributed by atoms with Gasteiger partial charge in [-0.2, -0.15) is 11.8 Å². The molecule has 0 aliphatic heterocycles. The van der Waals surface area contributed by atoms with E-state index in [1.165, 1.54) is 12.8 Å². The molecule has 0 saturated heterocycles. The third-order valence-electron chi connectivity index (χ3n) is 3.12. The topological polar surface area (TPSA) is 34.0 Å². The molecule has 1 aliphatic rings. The van der Waals surface area contributed by atoms with E-state index in [1.807, 2.05) is 24.0 Å². The molecular formula is C12H18N2OS. The van der Waals surface area contributed by atoms with Crippen molar-refractivity contribution in [1.29, 1.82) is 0 Å². The monoisotopic (exact) mass is 238 g/mol. The van der Waals surface area contributed by atoms with Gasteiger partial charge in [0.15, 0.2) is 0 Å². The van der Waals surface area contributed by atoms with Crippen LogP contribution in [0.2, 0.25) is 0 Å². The Morgan fingerprint density at radius 1 is 1.50 bits per heavy atom. The smallest absolute Gasteiger partial charge is 0.250 e. The van der Waals surface area contributed by atoms with E-state index in [9.17, 15) is 4.79 Å². The number of aromatic nitrogens is 1. The van der Waals surface area contributed by atoms with Crippen LogP contribution in [0, 0.1) is 0 Å². The summed E-state index contributed by atoms with van der Waals surface area (Å²) in [6.45, 7) is 2.69. The highest BCUT2D eigenvalue weighted by molar-refractivity contribution is 8.00. The molecule has 1 fully saturated rings. The van der Waals surface area contributed by atoms with Crippen LogP contribution in [-0.2, 0) is 6.54 Å². The molecule has 0 radical (unpaired) electrons. The van der Waals surface area contributed by atoms with E-state index < -0.39 is 0 Å². The maximum absolute atomic E-state index is 11.4. The third kappa shape index (κ3) is 2.89. The summed E-state index contributed by atoms with van der Waals surface area (Å²) in [5.41, 5.74) is 0.0790. The fourth-order valence-electron chi connectivity index (χ4n) is 1.75. The van der Waals surface area contributed by atoms with Crippen molar-refractivity contribution in [2.45, 2.75) is 24.1 Å². The Hall–Kier alpha value is -0.740. The molecule has 0 bridgehead atoms. The molecule has 3 nitrogen and oxygen atoms in total. The van der Waals surface area contributed by atoms with Crippen LogP contribution in [0.5, 0.6) is 0 Å². The van der Waals surface area contributed by atoms with E-state index in [-0.39, 0.29) is 5.56 Å². The minimum Gasteiger partial charge on any atom is -0.314 e. The second-order valence-electron chi connectivity index (χ2n) is 4.30. The second kappa shape index (κ2) is 5.06. The molecule has 1 heterocycles. The lowest BCUT2D eigenvalue weighted by Crippen LogP contribution is -2.31. The van der Waals surface area contributed by atoms with Crippen molar-refractivity contribution < 1.29 is 0 Å². The first-order valence-electron chi connectivity index (χ1n) is 5.67. The van der Waals surface area contributed by atoms with Gasteiger partial charge < -0.3 is 9.88 Å². The highest BCUT2D eigenvalue weighted by Gasteiger charge is 2.41. The molecule has 0 amide bonds. The Labute approximate surface area is 100 Å². The van der Waals surface area contributed by atoms with Gasteiger partial charge in [0.25, 0.3) is 5.56 Å². The molecule has 1 aliphatic carbocycles. The lowest BCUT2D eigenvalue weighted by molar-refractivity contribution is 0.577. The van der Waals surface area contributed by atoms with E-state index in [4.69, 9.17) is 0 Å². The maximum Gasteiger partial charge on any atom is 0.250 e. The van der Waals surface area contributed by atoms with Crippen LogP contribution in [-0.4, -0.2) is 28.7 Å². The molecule has 1 saturated carbocycles. The van der Waals surface area contributed by atoms with Gasteiger partial charge in [-0.15, -0.1) is 0 Å². The molecule has 1 aromatic heterocycles. The number of hydrogen-bond donors (Lipinski definition) is 1. The molecule has 88 valence electrons. The zero-order valence-corrected chi connectivity index (χ0v) is 10.4. The molecule has 1 aromatic rings. The van der Waals surface area contributed by atoms with Gasteiger partial charge in [-0.25, -0.2) is 0 Å². The third-order valence-corrected chi connectivity index (χ3v) is 4.53. The molecule has 2 rings (SSSR count).